The summed E-state index contributed by atoms with van der Waals surface area (Å²) in [5.41, 5.74) is 4.91. The van der Waals surface area contributed by atoms with E-state index in [1.54, 1.807) is 24.3 Å². The van der Waals surface area contributed by atoms with Crippen LogP contribution in [0.15, 0.2) is 47.1 Å². The van der Waals surface area contributed by atoms with E-state index < -0.39 is 23.6 Å². The Morgan fingerprint density at radius 1 is 1.24 bits per heavy atom. The number of rotatable bonds is 3. The van der Waals surface area contributed by atoms with E-state index in [4.69, 9.17) is 5.73 Å². The van der Waals surface area contributed by atoms with Crippen LogP contribution in [0.2, 0.25) is 0 Å². The SMILES string of the molecule is NC(=O)C(c1cccc(Br)c1)c1cc(C(F)(F)F)ccn1. The molecule has 110 valence electrons. The van der Waals surface area contributed by atoms with Crippen LogP contribution in [-0.2, 0) is 11.0 Å². The fourth-order valence-corrected chi connectivity index (χ4v) is 2.37. The van der Waals surface area contributed by atoms with Gasteiger partial charge in [-0.15, -0.1) is 0 Å². The molecule has 0 radical (unpaired) electrons. The highest BCUT2D eigenvalue weighted by molar-refractivity contribution is 9.10. The second-order valence-corrected chi connectivity index (χ2v) is 5.27. The van der Waals surface area contributed by atoms with Crippen molar-refractivity contribution in [3.8, 4) is 0 Å². The normalized spacial score (nSPS) is 13.0. The number of carbonyl (C=O) groups excluding carboxylic acids is 1. The van der Waals surface area contributed by atoms with Gasteiger partial charge in [-0.25, -0.2) is 0 Å². The van der Waals surface area contributed by atoms with E-state index in [9.17, 15) is 18.0 Å². The van der Waals surface area contributed by atoms with Gasteiger partial charge in [-0.3, -0.25) is 9.78 Å². The minimum absolute atomic E-state index is 0.0320. The number of halogens is 4. The zero-order valence-corrected chi connectivity index (χ0v) is 12.1. The number of amides is 1. The summed E-state index contributed by atoms with van der Waals surface area (Å²) < 4.78 is 38.9. The smallest absolute Gasteiger partial charge is 0.369 e. The molecule has 0 spiro atoms. The third kappa shape index (κ3) is 3.60. The molecule has 0 aliphatic carbocycles. The first-order chi connectivity index (χ1) is 9.79. The molecule has 2 N–H and O–H groups in total. The van der Waals surface area contributed by atoms with Gasteiger partial charge in [-0.2, -0.15) is 13.2 Å². The first kappa shape index (κ1) is 15.5. The van der Waals surface area contributed by atoms with Crippen LogP contribution >= 0.6 is 15.9 Å². The van der Waals surface area contributed by atoms with Crippen LogP contribution in [0.25, 0.3) is 0 Å². The van der Waals surface area contributed by atoms with Crippen molar-refractivity contribution in [3.05, 3.63) is 63.9 Å². The Morgan fingerprint density at radius 2 is 1.95 bits per heavy atom. The molecular weight excluding hydrogens is 349 g/mol. The fraction of sp³-hybridized carbons (Fsp3) is 0.143. The van der Waals surface area contributed by atoms with Gasteiger partial charge in [0.05, 0.1) is 11.3 Å². The van der Waals surface area contributed by atoms with Crippen molar-refractivity contribution in [1.82, 2.24) is 4.98 Å². The van der Waals surface area contributed by atoms with E-state index in [-0.39, 0.29) is 5.69 Å². The number of nitrogens with zero attached hydrogens (tertiary/aromatic N) is 1. The van der Waals surface area contributed by atoms with Crippen LogP contribution in [0, 0.1) is 0 Å². The first-order valence-electron chi connectivity index (χ1n) is 5.87. The maximum absolute atomic E-state index is 12.7. The lowest BCUT2D eigenvalue weighted by atomic mass is 9.94. The Hall–Kier alpha value is -1.89. The molecule has 0 saturated carbocycles. The average Bonchev–Trinajstić information content (AvgIpc) is 2.38. The Labute approximate surface area is 127 Å². The second-order valence-electron chi connectivity index (χ2n) is 4.36. The van der Waals surface area contributed by atoms with Crippen molar-refractivity contribution in [2.24, 2.45) is 5.73 Å². The lowest BCUT2D eigenvalue weighted by Gasteiger charge is -2.15. The van der Waals surface area contributed by atoms with E-state index in [1.165, 1.54) is 0 Å². The number of hydrogen-bond donors (Lipinski definition) is 1. The van der Waals surface area contributed by atoms with Crippen LogP contribution in [0.4, 0.5) is 13.2 Å². The monoisotopic (exact) mass is 358 g/mol. The number of nitrogens with two attached hydrogens (primary N) is 1. The van der Waals surface area contributed by atoms with Gasteiger partial charge in [0.1, 0.15) is 5.92 Å². The number of carbonyl (C=O) groups is 1. The number of hydrogen-bond acceptors (Lipinski definition) is 2. The molecule has 2 aromatic rings. The van der Waals surface area contributed by atoms with Crippen molar-refractivity contribution in [3.63, 3.8) is 0 Å². The van der Waals surface area contributed by atoms with Crippen molar-refractivity contribution in [2.75, 3.05) is 0 Å². The molecule has 0 aliphatic rings. The number of primary amides is 1. The number of aromatic nitrogens is 1. The predicted molar refractivity (Wildman–Crippen MR) is 74.4 cm³/mol. The zero-order valence-electron chi connectivity index (χ0n) is 10.6. The lowest BCUT2D eigenvalue weighted by molar-refractivity contribution is -0.137. The molecule has 0 saturated heterocycles. The number of pyridine rings is 1. The van der Waals surface area contributed by atoms with Crippen molar-refractivity contribution >= 4 is 21.8 Å². The van der Waals surface area contributed by atoms with Gasteiger partial charge in [-0.05, 0) is 29.8 Å². The van der Waals surface area contributed by atoms with E-state index in [2.05, 4.69) is 20.9 Å². The Bertz CT molecular complexity index is 673. The molecule has 1 heterocycles. The molecular formula is C14H10BrF3N2O. The van der Waals surface area contributed by atoms with Crippen LogP contribution in [0.5, 0.6) is 0 Å². The summed E-state index contributed by atoms with van der Waals surface area (Å²) in [4.78, 5) is 15.5. The standard InChI is InChI=1S/C14H10BrF3N2O/c15-10-3-1-2-8(6-10)12(13(19)21)11-7-9(4-5-20-11)14(16,17)18/h1-7,12H,(H2,19,21). The maximum atomic E-state index is 12.7. The zero-order chi connectivity index (χ0) is 15.6. The molecule has 1 unspecified atom stereocenters. The van der Waals surface area contributed by atoms with Crippen LogP contribution < -0.4 is 5.73 Å². The van der Waals surface area contributed by atoms with Crippen molar-refractivity contribution in [1.29, 1.82) is 0 Å². The van der Waals surface area contributed by atoms with Gasteiger partial charge in [-0.1, -0.05) is 28.1 Å². The van der Waals surface area contributed by atoms with Gasteiger partial charge in [0.15, 0.2) is 0 Å². The highest BCUT2D eigenvalue weighted by atomic mass is 79.9. The van der Waals surface area contributed by atoms with Crippen molar-refractivity contribution in [2.45, 2.75) is 12.1 Å². The maximum Gasteiger partial charge on any atom is 0.416 e. The van der Waals surface area contributed by atoms with Crippen LogP contribution in [0.3, 0.4) is 0 Å². The molecule has 0 fully saturated rings. The van der Waals surface area contributed by atoms with E-state index >= 15 is 0 Å². The van der Waals surface area contributed by atoms with E-state index in [1.807, 2.05) is 0 Å². The van der Waals surface area contributed by atoms with E-state index in [0.29, 0.717) is 10.0 Å². The summed E-state index contributed by atoms with van der Waals surface area (Å²) in [6.07, 6.45) is -3.48. The highest BCUT2D eigenvalue weighted by Crippen LogP contribution is 2.32. The summed E-state index contributed by atoms with van der Waals surface area (Å²) in [6.45, 7) is 0. The third-order valence-electron chi connectivity index (χ3n) is 2.87. The van der Waals surface area contributed by atoms with Crippen molar-refractivity contribution < 1.29 is 18.0 Å². The largest absolute Gasteiger partial charge is 0.416 e. The molecule has 21 heavy (non-hydrogen) atoms. The molecule has 0 aliphatic heterocycles. The summed E-state index contributed by atoms with van der Waals surface area (Å²) in [7, 11) is 0. The number of benzene rings is 1. The van der Waals surface area contributed by atoms with Crippen LogP contribution in [0.1, 0.15) is 22.7 Å². The summed E-state index contributed by atoms with van der Waals surface area (Å²) in [5, 5.41) is 0. The summed E-state index contributed by atoms with van der Waals surface area (Å²) >= 11 is 3.25. The first-order valence-corrected chi connectivity index (χ1v) is 6.66. The minimum Gasteiger partial charge on any atom is -0.369 e. The predicted octanol–water partition coefficient (Wildman–Crippen LogP) is 3.48. The van der Waals surface area contributed by atoms with Gasteiger partial charge in [0.2, 0.25) is 5.91 Å². The average molecular weight is 359 g/mol. The highest BCUT2D eigenvalue weighted by Gasteiger charge is 2.32. The van der Waals surface area contributed by atoms with Crippen LogP contribution in [-0.4, -0.2) is 10.9 Å². The molecule has 1 amide bonds. The number of alkyl halides is 3. The Balaban J connectivity index is 2.52. The second kappa shape index (κ2) is 5.85. The van der Waals surface area contributed by atoms with Gasteiger partial charge in [0.25, 0.3) is 0 Å². The Morgan fingerprint density at radius 3 is 2.52 bits per heavy atom. The Kier molecular flexibility index (Phi) is 4.32. The summed E-state index contributed by atoms with van der Waals surface area (Å²) in [5.74, 6) is -1.80. The molecule has 3 nitrogen and oxygen atoms in total. The topological polar surface area (TPSA) is 56.0 Å². The quantitative estimate of drug-likeness (QED) is 0.912. The molecule has 1 aromatic heterocycles. The lowest BCUT2D eigenvalue weighted by Crippen LogP contribution is -2.23. The minimum atomic E-state index is -4.50. The molecule has 1 atom stereocenters. The third-order valence-corrected chi connectivity index (χ3v) is 3.36. The van der Waals surface area contributed by atoms with Gasteiger partial charge < -0.3 is 5.73 Å². The fourth-order valence-electron chi connectivity index (χ4n) is 1.95. The molecule has 1 aromatic carbocycles. The van der Waals surface area contributed by atoms with Gasteiger partial charge >= 0.3 is 6.18 Å². The molecule has 0 bridgehead atoms. The van der Waals surface area contributed by atoms with Gasteiger partial charge in [0, 0.05) is 10.7 Å². The molecule has 7 heteroatoms. The molecule has 2 rings (SSSR count). The van der Waals surface area contributed by atoms with E-state index in [0.717, 1.165) is 18.3 Å². The summed E-state index contributed by atoms with van der Waals surface area (Å²) in [6, 6.07) is 8.34.